The Bertz CT molecular complexity index is 1450. The third-order valence-electron chi connectivity index (χ3n) is 5.89. The van der Waals surface area contributed by atoms with Gasteiger partial charge in [-0.15, -0.1) is 0 Å². The zero-order valence-corrected chi connectivity index (χ0v) is 26.6. The van der Waals surface area contributed by atoms with Crippen molar-refractivity contribution < 1.29 is 18.0 Å². The molecule has 3 aromatic carbocycles. The van der Waals surface area contributed by atoms with Crippen LogP contribution in [0.3, 0.4) is 0 Å². The topological polar surface area (TPSA) is 86.8 Å². The monoisotopic (exact) mass is 667 g/mol. The molecule has 3 aromatic rings. The Hall–Kier alpha value is -2.59. The summed E-state index contributed by atoms with van der Waals surface area (Å²) in [6.45, 7) is 5.09. The highest BCUT2D eigenvalue weighted by Gasteiger charge is 2.34. The van der Waals surface area contributed by atoms with Crippen molar-refractivity contribution >= 4 is 66.7 Å². The highest BCUT2D eigenvalue weighted by atomic mass is 79.9. The average Bonchev–Trinajstić information content (AvgIpc) is 2.85. The maximum absolute atomic E-state index is 14.1. The van der Waals surface area contributed by atoms with Crippen molar-refractivity contribution in [1.82, 2.24) is 10.2 Å². The summed E-state index contributed by atoms with van der Waals surface area (Å²) in [5.74, 6) is -0.915. The van der Waals surface area contributed by atoms with E-state index in [0.717, 1.165) is 26.2 Å². The SMILES string of the molecule is CC(C)(C)NC(=O)[C@H](Cc1ccccc1)N(Cc1ccc(Br)cc1)C(=O)CN(c1ccc(Cl)cc1Cl)S(C)(=O)=O. The number of carbonyl (C=O) groups excluding carboxylic acids is 2. The van der Waals surface area contributed by atoms with Crippen molar-refractivity contribution in [3.05, 3.63) is 98.4 Å². The van der Waals surface area contributed by atoms with Gasteiger partial charge in [-0.3, -0.25) is 13.9 Å². The summed E-state index contributed by atoms with van der Waals surface area (Å²) < 4.78 is 27.6. The van der Waals surface area contributed by atoms with Gasteiger partial charge in [-0.1, -0.05) is 81.6 Å². The first-order valence-electron chi connectivity index (χ1n) is 12.5. The molecule has 0 aliphatic rings. The summed E-state index contributed by atoms with van der Waals surface area (Å²) in [6.07, 6.45) is 1.23. The normalized spacial score (nSPS) is 12.5. The van der Waals surface area contributed by atoms with E-state index in [1.54, 1.807) is 0 Å². The number of halogens is 3. The number of nitrogens with one attached hydrogen (secondary N) is 1. The van der Waals surface area contributed by atoms with E-state index in [-0.39, 0.29) is 29.6 Å². The number of rotatable bonds is 10. The third kappa shape index (κ3) is 9.23. The molecule has 0 saturated heterocycles. The van der Waals surface area contributed by atoms with Crippen LogP contribution in [0.1, 0.15) is 31.9 Å². The highest BCUT2D eigenvalue weighted by Crippen LogP contribution is 2.31. The van der Waals surface area contributed by atoms with Crippen LogP contribution in [0.15, 0.2) is 77.3 Å². The molecule has 11 heteroatoms. The predicted octanol–water partition coefficient (Wildman–Crippen LogP) is 6.08. The number of nitrogens with zero attached hydrogens (tertiary/aromatic N) is 2. The smallest absolute Gasteiger partial charge is 0.244 e. The number of benzene rings is 3. The summed E-state index contributed by atoms with van der Waals surface area (Å²) in [5, 5.41) is 3.40. The lowest BCUT2D eigenvalue weighted by molar-refractivity contribution is -0.140. The quantitative estimate of drug-likeness (QED) is 0.284. The zero-order chi connectivity index (χ0) is 29.7. The molecule has 40 heavy (non-hydrogen) atoms. The maximum Gasteiger partial charge on any atom is 0.244 e. The molecule has 1 N–H and O–H groups in total. The van der Waals surface area contributed by atoms with Gasteiger partial charge in [-0.05, 0) is 62.2 Å². The Morgan fingerprint density at radius 3 is 2.12 bits per heavy atom. The summed E-state index contributed by atoms with van der Waals surface area (Å²) >= 11 is 15.8. The van der Waals surface area contributed by atoms with Crippen LogP contribution in [0.25, 0.3) is 0 Å². The first-order valence-corrected chi connectivity index (χ1v) is 15.9. The molecule has 3 rings (SSSR count). The molecule has 0 aromatic heterocycles. The van der Waals surface area contributed by atoms with Gasteiger partial charge in [0.05, 0.1) is 17.0 Å². The zero-order valence-electron chi connectivity index (χ0n) is 22.7. The largest absolute Gasteiger partial charge is 0.350 e. The van der Waals surface area contributed by atoms with Crippen LogP contribution in [0.2, 0.25) is 10.0 Å². The Labute approximate surface area is 254 Å². The van der Waals surface area contributed by atoms with Crippen LogP contribution in [0.4, 0.5) is 5.69 Å². The second kappa shape index (κ2) is 13.4. The molecule has 7 nitrogen and oxygen atoms in total. The van der Waals surface area contributed by atoms with Gasteiger partial charge in [0.1, 0.15) is 12.6 Å². The van der Waals surface area contributed by atoms with Gasteiger partial charge in [-0.2, -0.15) is 0 Å². The molecule has 2 amide bonds. The van der Waals surface area contributed by atoms with Crippen molar-refractivity contribution in [3.63, 3.8) is 0 Å². The Balaban J connectivity index is 2.09. The van der Waals surface area contributed by atoms with Gasteiger partial charge < -0.3 is 10.2 Å². The molecule has 0 saturated carbocycles. The van der Waals surface area contributed by atoms with E-state index in [9.17, 15) is 18.0 Å². The molecular formula is C29H32BrCl2N3O4S. The minimum Gasteiger partial charge on any atom is -0.350 e. The van der Waals surface area contributed by atoms with Gasteiger partial charge in [0.2, 0.25) is 21.8 Å². The van der Waals surface area contributed by atoms with Crippen LogP contribution < -0.4 is 9.62 Å². The van der Waals surface area contributed by atoms with Crippen LogP contribution in [0, 0.1) is 0 Å². The van der Waals surface area contributed by atoms with Crippen molar-refractivity contribution in [2.75, 3.05) is 17.1 Å². The van der Waals surface area contributed by atoms with Gasteiger partial charge in [0, 0.05) is 28.0 Å². The highest BCUT2D eigenvalue weighted by molar-refractivity contribution is 9.10. The second-order valence-corrected chi connectivity index (χ2v) is 14.1. The minimum atomic E-state index is -3.94. The van der Waals surface area contributed by atoms with E-state index in [1.165, 1.54) is 23.1 Å². The predicted molar refractivity (Wildman–Crippen MR) is 165 cm³/mol. The average molecular weight is 669 g/mol. The van der Waals surface area contributed by atoms with Crippen molar-refractivity contribution in [1.29, 1.82) is 0 Å². The lowest BCUT2D eigenvalue weighted by Gasteiger charge is -2.35. The van der Waals surface area contributed by atoms with Gasteiger partial charge in [0.25, 0.3) is 0 Å². The Kier molecular flexibility index (Phi) is 10.7. The molecule has 0 aliphatic heterocycles. The molecule has 0 radical (unpaired) electrons. The van der Waals surface area contributed by atoms with Crippen LogP contribution in [-0.2, 0) is 32.6 Å². The number of anilines is 1. The number of hydrogen-bond donors (Lipinski definition) is 1. The summed E-state index contributed by atoms with van der Waals surface area (Å²) in [5.41, 5.74) is 1.18. The van der Waals surface area contributed by atoms with E-state index in [2.05, 4.69) is 21.2 Å². The van der Waals surface area contributed by atoms with Crippen molar-refractivity contribution in [2.45, 2.75) is 45.3 Å². The molecular weight excluding hydrogens is 637 g/mol. The van der Waals surface area contributed by atoms with Crippen LogP contribution >= 0.6 is 39.1 Å². The standard InChI is InChI=1S/C29H32BrCl2N3O4S/c1-29(2,3)33-28(37)26(16-20-8-6-5-7-9-20)34(18-21-10-12-22(30)13-11-21)27(36)19-35(40(4,38)39)25-15-14-23(31)17-24(25)32/h5-15,17,26H,16,18-19H2,1-4H3,(H,33,37)/t26-/m0/s1. The molecule has 1 atom stereocenters. The molecule has 0 heterocycles. The molecule has 0 unspecified atom stereocenters. The van der Waals surface area contributed by atoms with E-state index in [4.69, 9.17) is 23.2 Å². The Morgan fingerprint density at radius 1 is 0.950 bits per heavy atom. The fraction of sp³-hybridized carbons (Fsp3) is 0.310. The summed E-state index contributed by atoms with van der Waals surface area (Å²) in [6, 6.07) is 20.2. The number of amides is 2. The van der Waals surface area contributed by atoms with E-state index in [1.807, 2.05) is 75.4 Å². The number of carbonyl (C=O) groups is 2. The lowest BCUT2D eigenvalue weighted by atomic mass is 10.0. The summed E-state index contributed by atoms with van der Waals surface area (Å²) in [7, 11) is -3.94. The fourth-order valence-electron chi connectivity index (χ4n) is 4.07. The Morgan fingerprint density at radius 2 is 1.57 bits per heavy atom. The van der Waals surface area contributed by atoms with Crippen LogP contribution in [0.5, 0.6) is 0 Å². The fourth-order valence-corrected chi connectivity index (χ4v) is 5.76. The third-order valence-corrected chi connectivity index (χ3v) is 8.09. The number of hydrogen-bond acceptors (Lipinski definition) is 4. The number of sulfonamides is 1. The molecule has 214 valence electrons. The maximum atomic E-state index is 14.1. The minimum absolute atomic E-state index is 0.0765. The van der Waals surface area contributed by atoms with Gasteiger partial charge >= 0.3 is 0 Å². The van der Waals surface area contributed by atoms with Crippen molar-refractivity contribution in [3.8, 4) is 0 Å². The first kappa shape index (κ1) is 31.9. The second-order valence-electron chi connectivity index (χ2n) is 10.5. The molecule has 0 spiro atoms. The van der Waals surface area contributed by atoms with Crippen LogP contribution in [-0.4, -0.2) is 49.5 Å². The molecule has 0 bridgehead atoms. The summed E-state index contributed by atoms with van der Waals surface area (Å²) in [4.78, 5) is 29.2. The van der Waals surface area contributed by atoms with Crippen molar-refractivity contribution in [2.24, 2.45) is 0 Å². The van der Waals surface area contributed by atoms with E-state index >= 15 is 0 Å². The first-order chi connectivity index (χ1) is 18.6. The lowest BCUT2D eigenvalue weighted by Crippen LogP contribution is -2.56. The molecule has 0 aliphatic carbocycles. The van der Waals surface area contributed by atoms with E-state index < -0.39 is 34.1 Å². The van der Waals surface area contributed by atoms with Gasteiger partial charge in [0.15, 0.2) is 0 Å². The van der Waals surface area contributed by atoms with E-state index in [0.29, 0.717) is 5.02 Å². The molecule has 0 fully saturated rings. The van der Waals surface area contributed by atoms with Gasteiger partial charge in [-0.25, -0.2) is 8.42 Å².